The molecule has 4 atom stereocenters. The molecule has 2 saturated carbocycles. The molecule has 0 spiro atoms. The molecule has 0 amide bonds. The second-order valence-electron chi connectivity index (χ2n) is 4.97. The molecular weight excluding hydrogens is 176 g/mol. The van der Waals surface area contributed by atoms with E-state index in [0.717, 1.165) is 25.7 Å². The zero-order chi connectivity index (χ0) is 10.4. The van der Waals surface area contributed by atoms with Crippen LogP contribution in [0.5, 0.6) is 0 Å². The van der Waals surface area contributed by atoms with E-state index in [9.17, 15) is 5.11 Å². The van der Waals surface area contributed by atoms with Crippen LogP contribution in [0.4, 0.5) is 0 Å². The van der Waals surface area contributed by atoms with Gasteiger partial charge >= 0.3 is 0 Å². The number of rotatable bonds is 4. The van der Waals surface area contributed by atoms with Crippen LogP contribution in [0.3, 0.4) is 0 Å². The monoisotopic (exact) mass is 196 g/mol. The largest absolute Gasteiger partial charge is 0.390 e. The molecular formula is C12H20O2. The highest BCUT2D eigenvalue weighted by molar-refractivity contribution is 5.24. The third-order valence-electron chi connectivity index (χ3n) is 4.20. The van der Waals surface area contributed by atoms with Gasteiger partial charge in [-0.05, 0) is 38.5 Å². The van der Waals surface area contributed by atoms with Crippen molar-refractivity contribution in [1.82, 2.24) is 0 Å². The van der Waals surface area contributed by atoms with E-state index < -0.39 is 5.60 Å². The van der Waals surface area contributed by atoms with Crippen LogP contribution in [0, 0.1) is 11.8 Å². The lowest BCUT2D eigenvalue weighted by Gasteiger charge is -2.19. The first-order valence-electron chi connectivity index (χ1n) is 5.47. The first kappa shape index (κ1) is 10.2. The maximum atomic E-state index is 10.2. The lowest BCUT2D eigenvalue weighted by molar-refractivity contribution is 0.0297. The number of allylic oxidation sites excluding steroid dienone is 1. The van der Waals surface area contributed by atoms with Crippen molar-refractivity contribution in [1.29, 1.82) is 0 Å². The molecule has 0 aliphatic heterocycles. The lowest BCUT2D eigenvalue weighted by atomic mass is 9.95. The van der Waals surface area contributed by atoms with E-state index in [1.165, 1.54) is 0 Å². The quantitative estimate of drug-likeness (QED) is 0.698. The minimum absolute atomic E-state index is 0.00646. The van der Waals surface area contributed by atoms with Crippen molar-refractivity contribution in [3.63, 3.8) is 0 Å². The zero-order valence-corrected chi connectivity index (χ0v) is 9.12. The highest BCUT2D eigenvalue weighted by Gasteiger charge is 2.74. The third-order valence-corrected chi connectivity index (χ3v) is 4.20. The normalized spacial score (nSPS) is 50.2. The molecule has 0 radical (unpaired) electrons. The van der Waals surface area contributed by atoms with E-state index >= 15 is 0 Å². The van der Waals surface area contributed by atoms with Crippen LogP contribution < -0.4 is 0 Å². The molecule has 2 nitrogen and oxygen atoms in total. The predicted molar refractivity (Wildman–Crippen MR) is 56.0 cm³/mol. The molecule has 0 bridgehead atoms. The molecule has 0 aromatic rings. The Morgan fingerprint density at radius 2 is 2.29 bits per heavy atom. The number of fused-ring (bicyclic) bond motifs is 1. The number of ether oxygens (including phenoxy) is 1. The molecule has 0 aromatic carbocycles. The van der Waals surface area contributed by atoms with Crippen molar-refractivity contribution in [2.24, 2.45) is 11.8 Å². The molecule has 0 heterocycles. The fourth-order valence-electron chi connectivity index (χ4n) is 3.49. The second-order valence-corrected chi connectivity index (χ2v) is 4.97. The van der Waals surface area contributed by atoms with Gasteiger partial charge in [0, 0.05) is 13.0 Å². The molecule has 2 aliphatic rings. The van der Waals surface area contributed by atoms with Crippen molar-refractivity contribution in [2.45, 2.75) is 43.8 Å². The van der Waals surface area contributed by atoms with Crippen LogP contribution in [-0.2, 0) is 4.74 Å². The van der Waals surface area contributed by atoms with Gasteiger partial charge in [0.25, 0.3) is 0 Å². The molecule has 0 saturated heterocycles. The van der Waals surface area contributed by atoms with E-state index in [1.54, 1.807) is 7.11 Å². The topological polar surface area (TPSA) is 29.5 Å². The average molecular weight is 196 g/mol. The molecule has 14 heavy (non-hydrogen) atoms. The van der Waals surface area contributed by atoms with Gasteiger partial charge in [0.05, 0.1) is 11.2 Å². The first-order valence-corrected chi connectivity index (χ1v) is 5.47. The van der Waals surface area contributed by atoms with Crippen LogP contribution >= 0.6 is 0 Å². The number of hydrogen-bond donors (Lipinski definition) is 1. The van der Waals surface area contributed by atoms with E-state index in [4.69, 9.17) is 4.74 Å². The predicted octanol–water partition coefficient (Wildman–Crippen LogP) is 2.13. The van der Waals surface area contributed by atoms with Crippen molar-refractivity contribution < 1.29 is 9.84 Å². The maximum Gasteiger partial charge on any atom is 0.0771 e. The summed E-state index contributed by atoms with van der Waals surface area (Å²) < 4.78 is 5.62. The Bertz CT molecular complexity index is 247. The Hall–Kier alpha value is -0.340. The summed E-state index contributed by atoms with van der Waals surface area (Å²) in [5.74, 6) is 0.911. The van der Waals surface area contributed by atoms with Gasteiger partial charge in [0.15, 0.2) is 0 Å². The standard InChI is InChI=1S/C12H20O2/c1-4-5-6-9-10-11(2,13)7-8-12(9,10)14-3/h4,9-10,13H,1,5-8H2,2-3H3/t9-,10?,11+,12+/m1/s1. The van der Waals surface area contributed by atoms with E-state index in [-0.39, 0.29) is 5.60 Å². The summed E-state index contributed by atoms with van der Waals surface area (Å²) >= 11 is 0. The molecule has 2 heteroatoms. The Balaban J connectivity index is 2.06. The van der Waals surface area contributed by atoms with Gasteiger partial charge in [-0.2, -0.15) is 0 Å². The van der Waals surface area contributed by atoms with Gasteiger partial charge in [-0.15, -0.1) is 6.58 Å². The van der Waals surface area contributed by atoms with Crippen LogP contribution in [0.15, 0.2) is 12.7 Å². The summed E-state index contributed by atoms with van der Waals surface area (Å²) in [5, 5.41) is 10.2. The first-order chi connectivity index (χ1) is 6.58. The Morgan fingerprint density at radius 3 is 2.79 bits per heavy atom. The molecule has 1 N–H and O–H groups in total. The zero-order valence-electron chi connectivity index (χ0n) is 9.12. The van der Waals surface area contributed by atoms with Crippen LogP contribution in [-0.4, -0.2) is 23.4 Å². The molecule has 2 rings (SSSR count). The smallest absolute Gasteiger partial charge is 0.0771 e. The van der Waals surface area contributed by atoms with Crippen molar-refractivity contribution in [3.05, 3.63) is 12.7 Å². The van der Waals surface area contributed by atoms with Crippen LogP contribution in [0.25, 0.3) is 0 Å². The number of aliphatic hydroxyl groups is 1. The third kappa shape index (κ3) is 1.17. The maximum absolute atomic E-state index is 10.2. The molecule has 0 aromatic heterocycles. The fourth-order valence-corrected chi connectivity index (χ4v) is 3.49. The van der Waals surface area contributed by atoms with Gasteiger partial charge in [-0.3, -0.25) is 0 Å². The van der Waals surface area contributed by atoms with E-state index in [1.807, 2.05) is 13.0 Å². The molecule has 1 unspecified atom stereocenters. The summed E-state index contributed by atoms with van der Waals surface area (Å²) in [4.78, 5) is 0. The molecule has 80 valence electrons. The van der Waals surface area contributed by atoms with Crippen molar-refractivity contribution >= 4 is 0 Å². The van der Waals surface area contributed by atoms with Gasteiger partial charge in [-0.1, -0.05) is 6.08 Å². The van der Waals surface area contributed by atoms with E-state index in [0.29, 0.717) is 11.8 Å². The summed E-state index contributed by atoms with van der Waals surface area (Å²) in [6.07, 6.45) is 5.99. The van der Waals surface area contributed by atoms with Crippen molar-refractivity contribution in [2.75, 3.05) is 7.11 Å². The van der Waals surface area contributed by atoms with Gasteiger partial charge in [0.2, 0.25) is 0 Å². The van der Waals surface area contributed by atoms with Crippen molar-refractivity contribution in [3.8, 4) is 0 Å². The van der Waals surface area contributed by atoms with Gasteiger partial charge in [-0.25, -0.2) is 0 Å². The van der Waals surface area contributed by atoms with Crippen LogP contribution in [0.1, 0.15) is 32.6 Å². The highest BCUT2D eigenvalue weighted by atomic mass is 16.5. The Labute approximate surface area is 86.0 Å². The summed E-state index contributed by atoms with van der Waals surface area (Å²) in [7, 11) is 1.78. The van der Waals surface area contributed by atoms with E-state index in [2.05, 4.69) is 6.58 Å². The average Bonchev–Trinajstić information content (AvgIpc) is 2.73. The lowest BCUT2D eigenvalue weighted by Crippen LogP contribution is -2.25. The highest BCUT2D eigenvalue weighted by Crippen LogP contribution is 2.68. The summed E-state index contributed by atoms with van der Waals surface area (Å²) in [6.45, 7) is 5.69. The fraction of sp³-hybridized carbons (Fsp3) is 0.833. The SMILES string of the molecule is C=CCC[C@@H]1C2[C@@](C)(O)CC[C@@]21OC. The van der Waals surface area contributed by atoms with Gasteiger partial charge in [0.1, 0.15) is 0 Å². The molecule has 2 fully saturated rings. The Kier molecular flexibility index (Phi) is 2.24. The summed E-state index contributed by atoms with van der Waals surface area (Å²) in [5.41, 5.74) is -0.492. The second kappa shape index (κ2) is 3.07. The summed E-state index contributed by atoms with van der Waals surface area (Å²) in [6, 6.07) is 0. The minimum atomic E-state index is -0.498. The number of methoxy groups -OCH3 is 1. The number of hydrogen-bond acceptors (Lipinski definition) is 2. The van der Waals surface area contributed by atoms with Crippen LogP contribution in [0.2, 0.25) is 0 Å². The van der Waals surface area contributed by atoms with Gasteiger partial charge < -0.3 is 9.84 Å². The molecule has 2 aliphatic carbocycles. The minimum Gasteiger partial charge on any atom is -0.390 e. The Morgan fingerprint density at radius 1 is 1.57 bits per heavy atom.